The highest BCUT2D eigenvalue weighted by Gasteiger charge is 2.36. The fraction of sp³-hybridized carbons (Fsp3) is 0.222. The van der Waals surface area contributed by atoms with Gasteiger partial charge in [-0.25, -0.2) is 0 Å². The second kappa shape index (κ2) is 7.50. The zero-order chi connectivity index (χ0) is 19.2. The summed E-state index contributed by atoms with van der Waals surface area (Å²) in [5, 5.41) is 18.9. The maximum atomic E-state index is 10.7. The molecular formula is C18H12Br2Cl2O4. The van der Waals surface area contributed by atoms with E-state index in [1.807, 2.05) is 6.07 Å². The van der Waals surface area contributed by atoms with E-state index < -0.39 is 11.9 Å². The van der Waals surface area contributed by atoms with Crippen molar-refractivity contribution in [1.82, 2.24) is 0 Å². The van der Waals surface area contributed by atoms with Gasteiger partial charge in [-0.3, -0.25) is 9.59 Å². The van der Waals surface area contributed by atoms with Crippen LogP contribution in [0.25, 0.3) is 0 Å². The number of carbonyl (C=O) groups is 2. The van der Waals surface area contributed by atoms with Crippen LogP contribution in [0.3, 0.4) is 0 Å². The molecule has 4 nitrogen and oxygen atoms in total. The highest BCUT2D eigenvalue weighted by Crippen LogP contribution is 2.44. The SMILES string of the molecule is O=C(O)C1Cc2c(Cl)ccc(Br)c21.O=C(O)C1Cc2c1ccc(Br)c2Cl. The molecule has 0 heterocycles. The number of fused-ring (bicyclic) bond motifs is 2. The van der Waals surface area contributed by atoms with Gasteiger partial charge in [0.15, 0.2) is 0 Å². The number of rotatable bonds is 2. The fourth-order valence-electron chi connectivity index (χ4n) is 3.12. The lowest BCUT2D eigenvalue weighted by atomic mass is 9.77. The van der Waals surface area contributed by atoms with Crippen molar-refractivity contribution in [2.75, 3.05) is 0 Å². The van der Waals surface area contributed by atoms with Crippen molar-refractivity contribution in [3.8, 4) is 0 Å². The van der Waals surface area contributed by atoms with Crippen LogP contribution in [-0.4, -0.2) is 22.2 Å². The maximum absolute atomic E-state index is 10.7. The number of benzene rings is 2. The summed E-state index contributed by atoms with van der Waals surface area (Å²) in [6, 6.07) is 7.17. The topological polar surface area (TPSA) is 74.6 Å². The van der Waals surface area contributed by atoms with Crippen LogP contribution in [0.1, 0.15) is 34.1 Å². The molecule has 2 aromatic rings. The second-order valence-electron chi connectivity index (χ2n) is 6.04. The third kappa shape index (κ3) is 3.40. The Kier molecular flexibility index (Phi) is 5.68. The molecule has 0 radical (unpaired) electrons. The first-order chi connectivity index (χ1) is 12.2. The van der Waals surface area contributed by atoms with Gasteiger partial charge in [-0.2, -0.15) is 0 Å². The first-order valence-electron chi connectivity index (χ1n) is 7.61. The van der Waals surface area contributed by atoms with Crippen LogP contribution in [0.15, 0.2) is 33.2 Å². The van der Waals surface area contributed by atoms with Crippen LogP contribution < -0.4 is 0 Å². The molecule has 0 spiro atoms. The van der Waals surface area contributed by atoms with Crippen LogP contribution in [0, 0.1) is 0 Å². The first-order valence-corrected chi connectivity index (χ1v) is 9.95. The highest BCUT2D eigenvalue weighted by molar-refractivity contribution is 9.10. The molecule has 2 aliphatic rings. The van der Waals surface area contributed by atoms with Gasteiger partial charge in [0.2, 0.25) is 0 Å². The maximum Gasteiger partial charge on any atom is 0.311 e. The molecule has 0 saturated carbocycles. The number of halogens is 4. The van der Waals surface area contributed by atoms with E-state index in [2.05, 4.69) is 31.9 Å². The van der Waals surface area contributed by atoms with Gasteiger partial charge in [0.1, 0.15) is 0 Å². The fourth-order valence-corrected chi connectivity index (χ4v) is 4.63. The number of hydrogen-bond acceptors (Lipinski definition) is 2. The van der Waals surface area contributed by atoms with Crippen molar-refractivity contribution in [2.45, 2.75) is 24.7 Å². The Hall–Kier alpha value is -1.08. The van der Waals surface area contributed by atoms with E-state index in [0.717, 1.165) is 31.2 Å². The van der Waals surface area contributed by atoms with Crippen molar-refractivity contribution in [2.24, 2.45) is 0 Å². The van der Waals surface area contributed by atoms with Crippen molar-refractivity contribution in [3.63, 3.8) is 0 Å². The molecule has 0 bridgehead atoms. The molecule has 2 atom stereocenters. The van der Waals surface area contributed by atoms with Crippen LogP contribution >= 0.6 is 55.1 Å². The molecule has 2 aliphatic carbocycles. The molecule has 0 fully saturated rings. The van der Waals surface area contributed by atoms with E-state index >= 15 is 0 Å². The van der Waals surface area contributed by atoms with E-state index in [1.165, 1.54) is 0 Å². The summed E-state index contributed by atoms with van der Waals surface area (Å²) in [6.45, 7) is 0. The highest BCUT2D eigenvalue weighted by atomic mass is 79.9. The molecule has 0 aromatic heterocycles. The summed E-state index contributed by atoms with van der Waals surface area (Å²) in [7, 11) is 0. The first kappa shape index (κ1) is 19.7. The minimum atomic E-state index is -0.782. The summed E-state index contributed by atoms with van der Waals surface area (Å²) >= 11 is 18.5. The Morgan fingerprint density at radius 3 is 2.08 bits per heavy atom. The van der Waals surface area contributed by atoms with Crippen molar-refractivity contribution < 1.29 is 19.8 Å². The summed E-state index contributed by atoms with van der Waals surface area (Å²) in [5.74, 6) is -2.30. The van der Waals surface area contributed by atoms with Gasteiger partial charge in [-0.15, -0.1) is 0 Å². The lowest BCUT2D eigenvalue weighted by Crippen LogP contribution is -2.25. The molecule has 2 aromatic carbocycles. The van der Waals surface area contributed by atoms with Gasteiger partial charge in [-0.1, -0.05) is 45.2 Å². The number of hydrogen-bond donors (Lipinski definition) is 2. The van der Waals surface area contributed by atoms with Crippen LogP contribution in [0.5, 0.6) is 0 Å². The Morgan fingerprint density at radius 2 is 1.46 bits per heavy atom. The Bertz CT molecular complexity index is 930. The Morgan fingerprint density at radius 1 is 0.885 bits per heavy atom. The molecule has 136 valence electrons. The van der Waals surface area contributed by atoms with Gasteiger partial charge < -0.3 is 10.2 Å². The monoisotopic (exact) mass is 520 g/mol. The van der Waals surface area contributed by atoms with E-state index in [9.17, 15) is 9.59 Å². The summed E-state index contributed by atoms with van der Waals surface area (Å²) in [4.78, 5) is 21.4. The van der Waals surface area contributed by atoms with E-state index in [0.29, 0.717) is 22.9 Å². The minimum Gasteiger partial charge on any atom is -0.481 e. The predicted molar refractivity (Wildman–Crippen MR) is 106 cm³/mol. The van der Waals surface area contributed by atoms with E-state index in [4.69, 9.17) is 33.4 Å². The minimum absolute atomic E-state index is 0.361. The van der Waals surface area contributed by atoms with Gasteiger partial charge in [0.05, 0.1) is 16.9 Å². The number of aliphatic carboxylic acids is 2. The molecule has 2 unspecified atom stereocenters. The molecular weight excluding hydrogens is 511 g/mol. The number of carboxylic acids is 2. The standard InChI is InChI=1S/2C9H6BrClO2/c10-6-1-2-7(11)4-3-5(8(4)6)9(12)13;10-7-2-1-4-5(8(7)11)3-6(4)9(12)13/h1-2,5H,3H2,(H,12,13);1-2,6H,3H2,(H,12,13). The van der Waals surface area contributed by atoms with Gasteiger partial charge in [0.25, 0.3) is 0 Å². The average Bonchev–Trinajstić information content (AvgIpc) is 2.48. The van der Waals surface area contributed by atoms with E-state index in [1.54, 1.807) is 18.2 Å². The molecule has 8 heteroatoms. The lowest BCUT2D eigenvalue weighted by molar-refractivity contribution is -0.140. The molecule has 0 amide bonds. The van der Waals surface area contributed by atoms with Crippen LogP contribution in [-0.2, 0) is 22.4 Å². The largest absolute Gasteiger partial charge is 0.481 e. The number of carboxylic acid groups (broad SMARTS) is 2. The van der Waals surface area contributed by atoms with Crippen molar-refractivity contribution in [1.29, 1.82) is 0 Å². The Balaban J connectivity index is 0.000000151. The zero-order valence-electron chi connectivity index (χ0n) is 13.1. The smallest absolute Gasteiger partial charge is 0.311 e. The van der Waals surface area contributed by atoms with Gasteiger partial charge >= 0.3 is 11.9 Å². The van der Waals surface area contributed by atoms with Crippen molar-refractivity contribution >= 4 is 67.0 Å². The van der Waals surface area contributed by atoms with Gasteiger partial charge in [-0.05, 0) is 69.2 Å². The molecule has 0 saturated heterocycles. The van der Waals surface area contributed by atoms with Gasteiger partial charge in [0, 0.05) is 14.0 Å². The molecule has 0 aliphatic heterocycles. The molecule has 4 rings (SSSR count). The zero-order valence-corrected chi connectivity index (χ0v) is 17.8. The summed E-state index contributed by atoms with van der Waals surface area (Å²) in [5.41, 5.74) is 3.60. The third-order valence-electron chi connectivity index (χ3n) is 4.62. The quantitative estimate of drug-likeness (QED) is 0.534. The summed E-state index contributed by atoms with van der Waals surface area (Å²) < 4.78 is 1.67. The van der Waals surface area contributed by atoms with Crippen LogP contribution in [0.2, 0.25) is 10.0 Å². The Labute approximate surface area is 176 Å². The third-order valence-corrected chi connectivity index (χ3v) is 6.98. The molecule has 2 N–H and O–H groups in total. The normalized spacial score (nSPS) is 19.1. The predicted octanol–water partition coefficient (Wildman–Crippen LogP) is 5.65. The second-order valence-corrected chi connectivity index (χ2v) is 8.53. The van der Waals surface area contributed by atoms with E-state index in [-0.39, 0.29) is 11.8 Å². The van der Waals surface area contributed by atoms with Crippen molar-refractivity contribution in [3.05, 3.63) is 65.5 Å². The lowest BCUT2D eigenvalue weighted by Gasteiger charge is -2.28. The van der Waals surface area contributed by atoms with Crippen LogP contribution in [0.4, 0.5) is 0 Å². The summed E-state index contributed by atoms with van der Waals surface area (Å²) in [6.07, 6.45) is 1.09. The molecule has 26 heavy (non-hydrogen) atoms. The average molecular weight is 523 g/mol.